The van der Waals surface area contributed by atoms with E-state index in [0.29, 0.717) is 0 Å². The molecule has 0 rings (SSSR count). The van der Waals surface area contributed by atoms with Gasteiger partial charge in [0.25, 0.3) is 0 Å². The lowest BCUT2D eigenvalue weighted by Gasteiger charge is -2.06. The molecule has 0 aromatic heterocycles. The number of carbonyl (C=O) groups is 2. The van der Waals surface area contributed by atoms with E-state index in [4.69, 9.17) is 11.5 Å². The maximum absolute atomic E-state index is 11.3. The summed E-state index contributed by atoms with van der Waals surface area (Å²) in [6.07, 6.45) is -8.71. The van der Waals surface area contributed by atoms with Crippen LogP contribution in [0.5, 0.6) is 0 Å². The molecule has 0 aliphatic rings. The lowest BCUT2D eigenvalue weighted by molar-refractivity contribution is -0.137. The molecular weight excluding hydrogens is 298 g/mol. The number of rotatable bonds is 4. The van der Waals surface area contributed by atoms with Crippen LogP contribution in [-0.2, 0) is 9.59 Å². The minimum absolute atomic E-state index is 0.421. The fraction of sp³-hybridized carbons (Fsp3) is 0.750. The number of hydrogen-bond donors (Lipinski definition) is 4. The van der Waals surface area contributed by atoms with Crippen LogP contribution in [-0.4, -0.2) is 50.3 Å². The zero-order valence-electron chi connectivity index (χ0n) is 10.1. The predicted molar refractivity (Wildman–Crippen MR) is 56.2 cm³/mol. The number of halogens is 6. The van der Waals surface area contributed by atoms with Crippen LogP contribution in [0.25, 0.3) is 0 Å². The van der Waals surface area contributed by atoms with Gasteiger partial charge in [-0.3, -0.25) is 9.59 Å². The van der Waals surface area contributed by atoms with Gasteiger partial charge in [0.1, 0.15) is 13.1 Å². The lowest BCUT2D eigenvalue weighted by atomic mass is 10.5. The van der Waals surface area contributed by atoms with E-state index in [1.165, 1.54) is 0 Å². The third kappa shape index (κ3) is 18.8. The molecular formula is C8H14F6N4O2. The summed E-state index contributed by atoms with van der Waals surface area (Å²) >= 11 is 0. The molecule has 0 saturated carbocycles. The molecule has 0 fully saturated rings. The lowest BCUT2D eigenvalue weighted by Crippen LogP contribution is -2.37. The van der Waals surface area contributed by atoms with Crippen molar-refractivity contribution in [3.63, 3.8) is 0 Å². The maximum Gasteiger partial charge on any atom is 0.405 e. The second-order valence-corrected chi connectivity index (χ2v) is 3.19. The van der Waals surface area contributed by atoms with E-state index >= 15 is 0 Å². The minimum Gasteiger partial charge on any atom is -0.346 e. The van der Waals surface area contributed by atoms with Crippen LogP contribution in [0, 0.1) is 0 Å². The third-order valence-electron chi connectivity index (χ3n) is 1.34. The Balaban J connectivity index is 0. The molecule has 2 amide bonds. The van der Waals surface area contributed by atoms with Crippen molar-refractivity contribution in [3.8, 4) is 0 Å². The fourth-order valence-corrected chi connectivity index (χ4v) is 0.542. The average Bonchev–Trinajstić information content (AvgIpc) is 2.31. The largest absolute Gasteiger partial charge is 0.405 e. The molecule has 0 saturated heterocycles. The number of hydrogen-bond acceptors (Lipinski definition) is 4. The van der Waals surface area contributed by atoms with Gasteiger partial charge < -0.3 is 22.1 Å². The first-order chi connectivity index (χ1) is 8.91. The van der Waals surface area contributed by atoms with E-state index in [1.54, 1.807) is 10.6 Å². The van der Waals surface area contributed by atoms with Gasteiger partial charge >= 0.3 is 12.4 Å². The SMILES string of the molecule is NCC(=O)NCC(F)(F)F.NCC(=O)NCC(F)(F)F. The van der Waals surface area contributed by atoms with Gasteiger partial charge in [0.05, 0.1) is 13.1 Å². The van der Waals surface area contributed by atoms with Crippen LogP contribution < -0.4 is 22.1 Å². The summed E-state index contributed by atoms with van der Waals surface area (Å²) in [5.74, 6) is -1.62. The van der Waals surface area contributed by atoms with E-state index in [1.807, 2.05) is 0 Å². The Hall–Kier alpha value is -1.56. The Morgan fingerprint density at radius 1 is 0.750 bits per heavy atom. The van der Waals surface area contributed by atoms with Gasteiger partial charge in [-0.15, -0.1) is 0 Å². The summed E-state index contributed by atoms with van der Waals surface area (Å²) in [7, 11) is 0. The van der Waals surface area contributed by atoms with Crippen molar-refractivity contribution in [2.24, 2.45) is 11.5 Å². The summed E-state index contributed by atoms with van der Waals surface area (Å²) in [5, 5.41) is 3.17. The molecule has 6 nitrogen and oxygen atoms in total. The zero-order valence-corrected chi connectivity index (χ0v) is 10.1. The van der Waals surface area contributed by atoms with E-state index in [-0.39, 0.29) is 0 Å². The van der Waals surface area contributed by atoms with E-state index < -0.39 is 50.3 Å². The van der Waals surface area contributed by atoms with Gasteiger partial charge in [0, 0.05) is 0 Å². The highest BCUT2D eigenvalue weighted by Crippen LogP contribution is 2.12. The molecule has 0 radical (unpaired) electrons. The molecule has 6 N–H and O–H groups in total. The Morgan fingerprint density at radius 2 is 1.00 bits per heavy atom. The number of carbonyl (C=O) groups excluding carboxylic acids is 2. The van der Waals surface area contributed by atoms with Crippen LogP contribution in [0.15, 0.2) is 0 Å². The second-order valence-electron chi connectivity index (χ2n) is 3.19. The zero-order chi connectivity index (χ0) is 16.4. The Kier molecular flexibility index (Phi) is 9.71. The first kappa shape index (κ1) is 20.8. The summed E-state index contributed by atoms with van der Waals surface area (Å²) in [6, 6.07) is 0. The van der Waals surface area contributed by atoms with Crippen molar-refractivity contribution in [1.29, 1.82) is 0 Å². The van der Waals surface area contributed by atoms with E-state index in [9.17, 15) is 35.9 Å². The summed E-state index contributed by atoms with van der Waals surface area (Å²) in [6.45, 7) is -3.47. The topological polar surface area (TPSA) is 110 Å². The van der Waals surface area contributed by atoms with Crippen LogP contribution >= 0.6 is 0 Å². The Morgan fingerprint density at radius 3 is 1.15 bits per heavy atom. The van der Waals surface area contributed by atoms with Crippen molar-refractivity contribution in [1.82, 2.24) is 10.6 Å². The first-order valence-electron chi connectivity index (χ1n) is 4.98. The quantitative estimate of drug-likeness (QED) is 0.512. The minimum atomic E-state index is -4.36. The second kappa shape index (κ2) is 9.36. The first-order valence-corrected chi connectivity index (χ1v) is 4.98. The van der Waals surface area contributed by atoms with Gasteiger partial charge in [-0.25, -0.2) is 0 Å². The highest BCUT2D eigenvalue weighted by Gasteiger charge is 2.27. The highest BCUT2D eigenvalue weighted by molar-refractivity contribution is 5.78. The van der Waals surface area contributed by atoms with Gasteiger partial charge in [0.15, 0.2) is 0 Å². The standard InChI is InChI=1S/2C4H7F3N2O/c2*5-4(6,7)2-9-3(10)1-8/h2*1-2,8H2,(H,9,10). The molecule has 20 heavy (non-hydrogen) atoms. The third-order valence-corrected chi connectivity index (χ3v) is 1.34. The van der Waals surface area contributed by atoms with Crippen molar-refractivity contribution < 1.29 is 35.9 Å². The van der Waals surface area contributed by atoms with Gasteiger partial charge in [0.2, 0.25) is 11.8 Å². The van der Waals surface area contributed by atoms with E-state index in [0.717, 1.165) is 0 Å². The monoisotopic (exact) mass is 312 g/mol. The normalized spacial score (nSPS) is 11.2. The van der Waals surface area contributed by atoms with Crippen LogP contribution in [0.4, 0.5) is 26.3 Å². The van der Waals surface area contributed by atoms with Crippen molar-refractivity contribution >= 4 is 11.8 Å². The molecule has 0 spiro atoms. The van der Waals surface area contributed by atoms with Gasteiger partial charge in [-0.05, 0) is 0 Å². The van der Waals surface area contributed by atoms with Crippen molar-refractivity contribution in [2.75, 3.05) is 26.2 Å². The molecule has 0 aromatic rings. The highest BCUT2D eigenvalue weighted by atomic mass is 19.4. The van der Waals surface area contributed by atoms with Crippen LogP contribution in [0.3, 0.4) is 0 Å². The smallest absolute Gasteiger partial charge is 0.346 e. The van der Waals surface area contributed by atoms with Crippen molar-refractivity contribution in [2.45, 2.75) is 12.4 Å². The van der Waals surface area contributed by atoms with Gasteiger partial charge in [-0.1, -0.05) is 0 Å². The van der Waals surface area contributed by atoms with E-state index in [2.05, 4.69) is 0 Å². The molecule has 0 aromatic carbocycles. The molecule has 120 valence electrons. The predicted octanol–water partition coefficient (Wildman–Crippen LogP) is -0.753. The number of nitrogens with two attached hydrogens (primary N) is 2. The fourth-order valence-electron chi connectivity index (χ4n) is 0.542. The molecule has 0 heterocycles. The Bertz CT molecular complexity index is 274. The van der Waals surface area contributed by atoms with Crippen LogP contribution in [0.1, 0.15) is 0 Å². The number of alkyl halides is 6. The Labute approximate surface area is 109 Å². The van der Waals surface area contributed by atoms with Gasteiger partial charge in [-0.2, -0.15) is 26.3 Å². The molecule has 0 aliphatic heterocycles. The van der Waals surface area contributed by atoms with Crippen molar-refractivity contribution in [3.05, 3.63) is 0 Å². The molecule has 0 bridgehead atoms. The molecule has 0 unspecified atom stereocenters. The number of amides is 2. The average molecular weight is 312 g/mol. The van der Waals surface area contributed by atoms with Crippen LogP contribution in [0.2, 0.25) is 0 Å². The molecule has 0 atom stereocenters. The number of nitrogens with one attached hydrogen (secondary N) is 2. The summed E-state index contributed by atoms with van der Waals surface area (Å²) in [4.78, 5) is 20.2. The summed E-state index contributed by atoms with van der Waals surface area (Å²) < 4.78 is 67.8. The molecule has 0 aliphatic carbocycles. The summed E-state index contributed by atoms with van der Waals surface area (Å²) in [5.41, 5.74) is 9.44. The maximum atomic E-state index is 11.3. The molecule has 12 heteroatoms.